The third-order valence-corrected chi connectivity index (χ3v) is 9.43. The number of nitrogens with two attached hydrogens (primary N) is 1. The largest absolute Gasteiger partial charge is 0.480 e. The number of ether oxygens (including phenoxy) is 2. The first-order valence-corrected chi connectivity index (χ1v) is 21.4. The van der Waals surface area contributed by atoms with Gasteiger partial charge >= 0.3 is 25.7 Å². The summed E-state index contributed by atoms with van der Waals surface area (Å²) >= 11 is 0. The molecule has 0 heterocycles. The Labute approximate surface area is 309 Å². The zero-order chi connectivity index (χ0) is 37.8. The molecular formula is C39H72NO10P. The Bertz CT molecular complexity index is 974. The average Bonchev–Trinajstić information content (AvgIpc) is 3.10. The van der Waals surface area contributed by atoms with E-state index < -0.39 is 51.1 Å². The zero-order valence-corrected chi connectivity index (χ0v) is 32.8. The Morgan fingerprint density at radius 3 is 1.51 bits per heavy atom. The van der Waals surface area contributed by atoms with Crippen molar-refractivity contribution in [3.05, 3.63) is 24.3 Å². The lowest BCUT2D eigenvalue weighted by atomic mass is 10.0. The second kappa shape index (κ2) is 35.0. The van der Waals surface area contributed by atoms with E-state index in [1.165, 1.54) is 77.0 Å². The monoisotopic (exact) mass is 745 g/mol. The van der Waals surface area contributed by atoms with Crippen LogP contribution in [0, 0.1) is 0 Å². The van der Waals surface area contributed by atoms with Crippen LogP contribution in [0.1, 0.15) is 174 Å². The molecule has 1 unspecified atom stereocenters. The minimum absolute atomic E-state index is 0.161. The standard InChI is InChI=1S/C39H72NO10P/c1-3-5-7-9-11-13-15-17-18-19-21-22-24-26-28-30-37(41)47-32-35(33-48-51(45,46)49-34-36(40)39(43)44)50-38(42)31-29-27-25-23-20-16-14-12-10-8-6-4-2/h13,15,17-18,35-36H,3-12,14,16,19-34,40H2,1-2H3,(H,43,44)(H,45,46)/b15-13+,18-17+/t35-,36+/m1/s1. The molecule has 0 rings (SSSR count). The van der Waals surface area contributed by atoms with E-state index >= 15 is 0 Å². The van der Waals surface area contributed by atoms with Crippen molar-refractivity contribution in [2.24, 2.45) is 5.73 Å². The van der Waals surface area contributed by atoms with E-state index in [0.717, 1.165) is 57.8 Å². The summed E-state index contributed by atoms with van der Waals surface area (Å²) in [6.07, 6.45) is 33.8. The Morgan fingerprint density at radius 2 is 1.02 bits per heavy atom. The highest BCUT2D eigenvalue weighted by molar-refractivity contribution is 7.47. The van der Waals surface area contributed by atoms with Crippen LogP contribution < -0.4 is 5.73 Å². The molecule has 11 nitrogen and oxygen atoms in total. The van der Waals surface area contributed by atoms with Crippen LogP contribution in [0.4, 0.5) is 0 Å². The average molecular weight is 746 g/mol. The summed E-state index contributed by atoms with van der Waals surface area (Å²) in [6, 6.07) is -1.52. The topological polar surface area (TPSA) is 172 Å². The molecule has 0 saturated carbocycles. The normalized spacial score (nSPS) is 14.1. The number of carbonyl (C=O) groups excluding carboxylic acids is 2. The second-order valence-electron chi connectivity index (χ2n) is 13.5. The van der Waals surface area contributed by atoms with Crippen molar-refractivity contribution in [3.63, 3.8) is 0 Å². The number of carboxylic acid groups (broad SMARTS) is 1. The number of allylic oxidation sites excluding steroid dienone is 4. The molecule has 0 fully saturated rings. The Hall–Kier alpha value is -2.04. The number of carbonyl (C=O) groups is 3. The van der Waals surface area contributed by atoms with E-state index in [0.29, 0.717) is 12.8 Å². The van der Waals surface area contributed by atoms with Gasteiger partial charge in [-0.1, -0.05) is 147 Å². The summed E-state index contributed by atoms with van der Waals surface area (Å²) in [5, 5.41) is 8.86. The fraction of sp³-hybridized carbons (Fsp3) is 0.821. The quantitative estimate of drug-likeness (QED) is 0.0239. The van der Waals surface area contributed by atoms with Crippen LogP contribution in [-0.4, -0.2) is 59.9 Å². The van der Waals surface area contributed by atoms with Gasteiger partial charge in [-0.3, -0.25) is 23.4 Å². The number of hydrogen-bond acceptors (Lipinski definition) is 9. The Kier molecular flexibility index (Phi) is 33.6. The Morgan fingerprint density at radius 1 is 0.608 bits per heavy atom. The molecule has 12 heteroatoms. The van der Waals surface area contributed by atoms with E-state index in [4.69, 9.17) is 24.8 Å². The number of carboxylic acids is 1. The number of phosphoric ester groups is 1. The number of unbranched alkanes of at least 4 members (excludes halogenated alkanes) is 20. The molecule has 3 atom stereocenters. The van der Waals surface area contributed by atoms with E-state index in [-0.39, 0.29) is 19.4 Å². The van der Waals surface area contributed by atoms with Crippen LogP contribution in [-0.2, 0) is 37.5 Å². The van der Waals surface area contributed by atoms with Gasteiger partial charge in [0.1, 0.15) is 12.6 Å². The summed E-state index contributed by atoms with van der Waals surface area (Å²) in [5.74, 6) is -2.39. The molecule has 0 amide bonds. The molecule has 0 aromatic heterocycles. The lowest BCUT2D eigenvalue weighted by Gasteiger charge is -2.20. The maximum Gasteiger partial charge on any atom is 0.472 e. The van der Waals surface area contributed by atoms with Gasteiger partial charge in [0.15, 0.2) is 6.10 Å². The van der Waals surface area contributed by atoms with Crippen LogP contribution in [0.3, 0.4) is 0 Å². The number of rotatable bonds is 37. The molecule has 51 heavy (non-hydrogen) atoms. The van der Waals surface area contributed by atoms with Gasteiger partial charge in [0.05, 0.1) is 13.2 Å². The minimum atomic E-state index is -4.71. The highest BCUT2D eigenvalue weighted by atomic mass is 31.2. The van der Waals surface area contributed by atoms with E-state index in [1.807, 2.05) is 0 Å². The molecule has 0 bridgehead atoms. The maximum atomic E-state index is 12.6. The molecule has 0 spiro atoms. The van der Waals surface area contributed by atoms with Crippen molar-refractivity contribution in [2.45, 2.75) is 187 Å². The van der Waals surface area contributed by atoms with Crippen molar-refractivity contribution in [3.8, 4) is 0 Å². The van der Waals surface area contributed by atoms with E-state index in [2.05, 4.69) is 42.7 Å². The van der Waals surface area contributed by atoms with Crippen molar-refractivity contribution in [2.75, 3.05) is 19.8 Å². The molecule has 298 valence electrons. The fourth-order valence-electron chi connectivity index (χ4n) is 5.29. The van der Waals surface area contributed by atoms with Crippen LogP contribution in [0.2, 0.25) is 0 Å². The van der Waals surface area contributed by atoms with Gasteiger partial charge in [0.25, 0.3) is 0 Å². The van der Waals surface area contributed by atoms with Gasteiger partial charge in [0.2, 0.25) is 0 Å². The number of esters is 2. The van der Waals surface area contributed by atoms with Gasteiger partial charge in [0, 0.05) is 12.8 Å². The zero-order valence-electron chi connectivity index (χ0n) is 31.9. The predicted molar refractivity (Wildman–Crippen MR) is 203 cm³/mol. The third kappa shape index (κ3) is 34.8. The van der Waals surface area contributed by atoms with Crippen molar-refractivity contribution >= 4 is 25.7 Å². The summed E-state index contributed by atoms with van der Waals surface area (Å²) in [6.45, 7) is 2.75. The third-order valence-electron chi connectivity index (χ3n) is 8.48. The van der Waals surface area contributed by atoms with Gasteiger partial charge in [-0.05, 0) is 38.5 Å². The van der Waals surface area contributed by atoms with Crippen LogP contribution in [0.5, 0.6) is 0 Å². The molecule has 0 saturated heterocycles. The van der Waals surface area contributed by atoms with Crippen molar-refractivity contribution in [1.29, 1.82) is 0 Å². The molecule has 0 aliphatic carbocycles. The Balaban J connectivity index is 4.43. The van der Waals surface area contributed by atoms with Crippen molar-refractivity contribution < 1.29 is 47.5 Å². The first-order valence-electron chi connectivity index (χ1n) is 19.9. The second-order valence-corrected chi connectivity index (χ2v) is 14.9. The SMILES string of the molecule is CCCCCC/C=C/C=C/CCCCCCCC(=O)OC[C@H](COP(=O)(O)OC[C@H](N)C(=O)O)OC(=O)CCCCCCCCCCCCCC. The highest BCUT2D eigenvalue weighted by Gasteiger charge is 2.28. The maximum absolute atomic E-state index is 12.6. The minimum Gasteiger partial charge on any atom is -0.480 e. The van der Waals surface area contributed by atoms with E-state index in [1.54, 1.807) is 0 Å². The summed E-state index contributed by atoms with van der Waals surface area (Å²) in [4.78, 5) is 45.8. The van der Waals surface area contributed by atoms with Crippen LogP contribution in [0.25, 0.3) is 0 Å². The van der Waals surface area contributed by atoms with Crippen molar-refractivity contribution in [1.82, 2.24) is 0 Å². The summed E-state index contributed by atoms with van der Waals surface area (Å²) in [7, 11) is -4.71. The van der Waals surface area contributed by atoms with Crippen LogP contribution >= 0.6 is 7.82 Å². The van der Waals surface area contributed by atoms with E-state index in [9.17, 15) is 23.8 Å². The highest BCUT2D eigenvalue weighted by Crippen LogP contribution is 2.43. The lowest BCUT2D eigenvalue weighted by Crippen LogP contribution is -2.34. The van der Waals surface area contributed by atoms with Crippen LogP contribution in [0.15, 0.2) is 24.3 Å². The molecule has 0 aliphatic rings. The summed E-state index contributed by atoms with van der Waals surface area (Å²) < 4.78 is 32.6. The summed E-state index contributed by atoms with van der Waals surface area (Å²) in [5.41, 5.74) is 5.32. The first-order chi connectivity index (χ1) is 24.6. The number of hydrogen-bond donors (Lipinski definition) is 3. The van der Waals surface area contributed by atoms with Gasteiger partial charge in [-0.2, -0.15) is 0 Å². The van der Waals surface area contributed by atoms with Gasteiger partial charge < -0.3 is 25.2 Å². The number of phosphoric acid groups is 1. The van der Waals surface area contributed by atoms with Gasteiger partial charge in [-0.25, -0.2) is 4.57 Å². The predicted octanol–water partition coefficient (Wildman–Crippen LogP) is 9.89. The molecule has 0 aromatic carbocycles. The smallest absolute Gasteiger partial charge is 0.472 e. The molecule has 0 aromatic rings. The fourth-order valence-corrected chi connectivity index (χ4v) is 6.07. The molecule has 4 N–H and O–H groups in total. The lowest BCUT2D eigenvalue weighted by molar-refractivity contribution is -0.161. The molecular weight excluding hydrogens is 673 g/mol. The molecule has 0 aliphatic heterocycles. The first kappa shape index (κ1) is 49.0. The molecule has 0 radical (unpaired) electrons. The van der Waals surface area contributed by atoms with Gasteiger partial charge in [-0.15, -0.1) is 0 Å². The number of aliphatic carboxylic acids is 1.